The van der Waals surface area contributed by atoms with Crippen molar-refractivity contribution in [3.05, 3.63) is 39.6 Å². The summed E-state index contributed by atoms with van der Waals surface area (Å²) in [7, 11) is 0. The number of hydrogen-bond donors (Lipinski definition) is 0. The van der Waals surface area contributed by atoms with E-state index in [9.17, 15) is 4.39 Å². The second-order valence-corrected chi connectivity index (χ2v) is 4.14. The molecule has 0 bridgehead atoms. The molecule has 0 saturated carbocycles. The third-order valence-electron chi connectivity index (χ3n) is 1.68. The van der Waals surface area contributed by atoms with Gasteiger partial charge in [-0.3, -0.25) is 0 Å². The van der Waals surface area contributed by atoms with E-state index < -0.39 is 0 Å². The number of oxazole rings is 1. The number of hydrogen-bond acceptors (Lipinski definition) is 2. The monoisotopic (exact) mass is 319 g/mol. The molecule has 0 radical (unpaired) electrons. The van der Waals surface area contributed by atoms with E-state index in [1.54, 1.807) is 6.07 Å². The fourth-order valence-electron chi connectivity index (χ4n) is 1.07. The van der Waals surface area contributed by atoms with Gasteiger partial charge in [-0.25, -0.2) is 9.37 Å². The average Bonchev–Trinajstić information content (AvgIpc) is 2.51. The van der Waals surface area contributed by atoms with Gasteiger partial charge in [0.15, 0.2) is 0 Å². The first-order chi connectivity index (χ1) is 6.66. The molecular formula is C9H4Br2FNO. The number of rotatable bonds is 1. The summed E-state index contributed by atoms with van der Waals surface area (Å²) < 4.78 is 18.4. The zero-order valence-electron chi connectivity index (χ0n) is 6.80. The van der Waals surface area contributed by atoms with E-state index >= 15 is 0 Å². The van der Waals surface area contributed by atoms with Crippen LogP contribution in [-0.2, 0) is 0 Å². The maximum absolute atomic E-state index is 12.8. The van der Waals surface area contributed by atoms with Crippen LogP contribution in [-0.4, -0.2) is 4.98 Å². The van der Waals surface area contributed by atoms with Crippen LogP contribution in [0, 0.1) is 5.82 Å². The van der Waals surface area contributed by atoms with Gasteiger partial charge in [0.05, 0.1) is 0 Å². The van der Waals surface area contributed by atoms with Crippen molar-refractivity contribution >= 4 is 31.9 Å². The number of benzene rings is 1. The van der Waals surface area contributed by atoms with E-state index in [1.807, 2.05) is 0 Å². The maximum Gasteiger partial charge on any atom is 0.264 e. The van der Waals surface area contributed by atoms with E-state index in [2.05, 4.69) is 36.8 Å². The molecule has 0 saturated heterocycles. The minimum Gasteiger partial charge on any atom is -0.439 e. The van der Waals surface area contributed by atoms with E-state index in [0.717, 1.165) is 5.56 Å². The first-order valence-corrected chi connectivity index (χ1v) is 5.32. The van der Waals surface area contributed by atoms with Crippen molar-refractivity contribution in [2.45, 2.75) is 0 Å². The van der Waals surface area contributed by atoms with Gasteiger partial charge in [-0.1, -0.05) is 0 Å². The molecule has 72 valence electrons. The minimum absolute atomic E-state index is 0.289. The van der Waals surface area contributed by atoms with Crippen molar-refractivity contribution < 1.29 is 8.81 Å². The van der Waals surface area contributed by atoms with Crippen LogP contribution in [0.25, 0.3) is 11.3 Å². The predicted octanol–water partition coefficient (Wildman–Crippen LogP) is 4.01. The zero-order chi connectivity index (χ0) is 10.1. The third-order valence-corrected chi connectivity index (χ3v) is 2.70. The van der Waals surface area contributed by atoms with Crippen LogP contribution >= 0.6 is 31.9 Å². The van der Waals surface area contributed by atoms with Crippen LogP contribution < -0.4 is 0 Å². The van der Waals surface area contributed by atoms with Crippen LogP contribution in [0.3, 0.4) is 0 Å². The first kappa shape index (κ1) is 9.86. The standard InChI is InChI=1S/C9H4Br2FNO/c10-7-3-5(12)1-2-6(7)8-4-14-9(11)13-8/h1-4H. The van der Waals surface area contributed by atoms with Gasteiger partial charge in [-0.15, -0.1) is 0 Å². The highest BCUT2D eigenvalue weighted by atomic mass is 79.9. The normalized spacial score (nSPS) is 10.5. The Kier molecular flexibility index (Phi) is 2.69. The van der Waals surface area contributed by atoms with E-state index in [-0.39, 0.29) is 5.82 Å². The lowest BCUT2D eigenvalue weighted by atomic mass is 10.2. The molecule has 2 aromatic rings. The van der Waals surface area contributed by atoms with Gasteiger partial charge in [0.2, 0.25) is 0 Å². The Balaban J connectivity index is 2.52. The maximum atomic E-state index is 12.8. The molecule has 0 unspecified atom stereocenters. The lowest BCUT2D eigenvalue weighted by molar-refractivity contribution is 0.529. The molecule has 0 aliphatic rings. The lowest BCUT2D eigenvalue weighted by Crippen LogP contribution is -1.81. The number of nitrogens with zero attached hydrogens (tertiary/aromatic N) is 1. The van der Waals surface area contributed by atoms with Crippen LogP contribution in [0.5, 0.6) is 0 Å². The van der Waals surface area contributed by atoms with E-state index in [0.29, 0.717) is 15.0 Å². The summed E-state index contributed by atoms with van der Waals surface area (Å²) in [6.07, 6.45) is 1.50. The van der Waals surface area contributed by atoms with Crippen LogP contribution in [0.1, 0.15) is 0 Å². The number of halogens is 3. The van der Waals surface area contributed by atoms with E-state index in [1.165, 1.54) is 18.4 Å². The van der Waals surface area contributed by atoms with Crippen molar-refractivity contribution in [2.75, 3.05) is 0 Å². The number of aromatic nitrogens is 1. The Hall–Kier alpha value is -0.680. The molecule has 0 amide bonds. The predicted molar refractivity (Wildman–Crippen MR) is 57.3 cm³/mol. The van der Waals surface area contributed by atoms with Crippen LogP contribution in [0.15, 0.2) is 38.2 Å². The molecule has 0 aliphatic heterocycles. The molecule has 0 spiro atoms. The van der Waals surface area contributed by atoms with Crippen molar-refractivity contribution in [1.82, 2.24) is 4.98 Å². The molecule has 1 aromatic carbocycles. The molecule has 5 heteroatoms. The van der Waals surface area contributed by atoms with Gasteiger partial charge in [-0.05, 0) is 34.1 Å². The fraction of sp³-hybridized carbons (Fsp3) is 0. The highest BCUT2D eigenvalue weighted by Crippen LogP contribution is 2.28. The largest absolute Gasteiger partial charge is 0.439 e. The highest BCUT2D eigenvalue weighted by Gasteiger charge is 2.08. The van der Waals surface area contributed by atoms with Crippen molar-refractivity contribution in [2.24, 2.45) is 0 Å². The van der Waals surface area contributed by atoms with Gasteiger partial charge in [0.1, 0.15) is 17.8 Å². The fourth-order valence-corrected chi connectivity index (χ4v) is 1.91. The Morgan fingerprint density at radius 2 is 2.07 bits per heavy atom. The molecule has 0 fully saturated rings. The van der Waals surface area contributed by atoms with Gasteiger partial charge in [0.25, 0.3) is 4.80 Å². The summed E-state index contributed by atoms with van der Waals surface area (Å²) in [5.41, 5.74) is 1.45. The Bertz CT molecular complexity index is 470. The van der Waals surface area contributed by atoms with Crippen LogP contribution in [0.2, 0.25) is 0 Å². The second kappa shape index (κ2) is 3.82. The van der Waals surface area contributed by atoms with Gasteiger partial charge < -0.3 is 4.42 Å². The van der Waals surface area contributed by atoms with Crippen molar-refractivity contribution in [1.29, 1.82) is 0 Å². The summed E-state index contributed by atoms with van der Waals surface area (Å²) in [6.45, 7) is 0. The topological polar surface area (TPSA) is 26.0 Å². The molecule has 2 nitrogen and oxygen atoms in total. The summed E-state index contributed by atoms with van der Waals surface area (Å²) in [6, 6.07) is 4.41. The summed E-state index contributed by atoms with van der Waals surface area (Å²) in [4.78, 5) is 4.48. The smallest absolute Gasteiger partial charge is 0.264 e. The molecule has 0 atom stereocenters. The van der Waals surface area contributed by atoms with Gasteiger partial charge in [-0.2, -0.15) is 0 Å². The molecule has 2 rings (SSSR count). The molecule has 1 heterocycles. The Morgan fingerprint density at radius 3 is 2.64 bits per heavy atom. The van der Waals surface area contributed by atoms with Gasteiger partial charge >= 0.3 is 0 Å². The first-order valence-electron chi connectivity index (χ1n) is 3.73. The average molecular weight is 321 g/mol. The van der Waals surface area contributed by atoms with Gasteiger partial charge in [0, 0.05) is 26.0 Å². The van der Waals surface area contributed by atoms with Crippen LogP contribution in [0.4, 0.5) is 4.39 Å². The van der Waals surface area contributed by atoms with Crippen molar-refractivity contribution in [3.8, 4) is 11.3 Å². The lowest BCUT2D eigenvalue weighted by Gasteiger charge is -1.99. The molecule has 14 heavy (non-hydrogen) atoms. The van der Waals surface area contributed by atoms with E-state index in [4.69, 9.17) is 4.42 Å². The molecular weight excluding hydrogens is 317 g/mol. The molecule has 0 N–H and O–H groups in total. The molecule has 1 aromatic heterocycles. The minimum atomic E-state index is -0.289. The quantitative estimate of drug-likeness (QED) is 0.793. The zero-order valence-corrected chi connectivity index (χ0v) is 9.97. The Labute approximate surface area is 96.4 Å². The highest BCUT2D eigenvalue weighted by molar-refractivity contribution is 9.10. The summed E-state index contributed by atoms with van der Waals surface area (Å²) in [5.74, 6) is -0.289. The van der Waals surface area contributed by atoms with Crippen molar-refractivity contribution in [3.63, 3.8) is 0 Å². The summed E-state index contributed by atoms with van der Waals surface area (Å²) in [5, 5.41) is 0. The third kappa shape index (κ3) is 1.88. The summed E-state index contributed by atoms with van der Waals surface area (Å²) >= 11 is 6.36. The second-order valence-electron chi connectivity index (χ2n) is 2.61. The molecule has 0 aliphatic carbocycles. The SMILES string of the molecule is Fc1ccc(-c2coc(Br)n2)c(Br)c1. The Morgan fingerprint density at radius 1 is 1.29 bits per heavy atom.